The molecule has 0 heterocycles. The van der Waals surface area contributed by atoms with Gasteiger partial charge in [0.1, 0.15) is 5.82 Å². The first-order valence-electron chi connectivity index (χ1n) is 10.7. The van der Waals surface area contributed by atoms with Crippen molar-refractivity contribution in [1.82, 2.24) is 0 Å². The summed E-state index contributed by atoms with van der Waals surface area (Å²) >= 11 is -1.27. The van der Waals surface area contributed by atoms with Gasteiger partial charge in [0.25, 0.3) is 0 Å². The van der Waals surface area contributed by atoms with E-state index in [1.165, 1.54) is 93.7 Å². The van der Waals surface area contributed by atoms with Crippen molar-refractivity contribution in [3.8, 4) is 5.75 Å². The molecule has 0 aliphatic carbocycles. The predicted molar refractivity (Wildman–Crippen MR) is 109 cm³/mol. The van der Waals surface area contributed by atoms with Gasteiger partial charge in [0.15, 0.2) is 0 Å². The summed E-state index contributed by atoms with van der Waals surface area (Å²) in [4.78, 5) is 0. The van der Waals surface area contributed by atoms with Crippen molar-refractivity contribution in [3.63, 3.8) is 0 Å². The third-order valence-electron chi connectivity index (χ3n) is 4.86. The molecule has 0 bridgehead atoms. The van der Waals surface area contributed by atoms with Crippen LogP contribution >= 0.6 is 0 Å². The smallest absolute Gasteiger partial charge is 0.546 e. The van der Waals surface area contributed by atoms with Crippen molar-refractivity contribution in [2.75, 3.05) is 0 Å². The molecule has 0 saturated heterocycles. The van der Waals surface area contributed by atoms with Gasteiger partial charge in [-0.25, -0.2) is 4.39 Å². The summed E-state index contributed by atoms with van der Waals surface area (Å²) in [6.07, 6.45) is 16.0. The summed E-state index contributed by atoms with van der Waals surface area (Å²) in [5.74, 6) is 0.554. The summed E-state index contributed by atoms with van der Waals surface area (Å²) in [6, 6.07) is 6.70. The molecule has 25 heavy (non-hydrogen) atoms. The minimum atomic E-state index is -1.27. The van der Waals surface area contributed by atoms with E-state index in [1.807, 2.05) is 6.07 Å². The van der Waals surface area contributed by atoms with Crippen molar-refractivity contribution >= 4 is 14.5 Å². The molecular formula is C22H38AlFO. The minimum absolute atomic E-state index is 0.190. The number of unbranched alkanes of at least 4 members (excludes halogenated alkanes) is 10. The van der Waals surface area contributed by atoms with E-state index in [-0.39, 0.29) is 5.82 Å². The van der Waals surface area contributed by atoms with E-state index in [1.54, 1.807) is 12.1 Å². The highest BCUT2D eigenvalue weighted by Crippen LogP contribution is 2.20. The standard InChI is InChI=1S/2C8H17.C6H5FO.Al/c2*1-3-5-7-8-6-4-2;7-5-2-1-3-6(8)4-5;/h2*1,3-8H2,2H3;1-4,8H;/q;;;+1/p-1. The van der Waals surface area contributed by atoms with Crippen LogP contribution < -0.4 is 3.79 Å². The number of hydrogen-bond donors (Lipinski definition) is 0. The van der Waals surface area contributed by atoms with Gasteiger partial charge in [-0.05, 0) is 12.1 Å². The summed E-state index contributed by atoms with van der Waals surface area (Å²) < 4.78 is 19.7. The molecule has 1 rings (SSSR count). The molecule has 142 valence electrons. The lowest BCUT2D eigenvalue weighted by atomic mass is 10.1. The van der Waals surface area contributed by atoms with Crippen LogP contribution in [0.1, 0.15) is 90.9 Å². The van der Waals surface area contributed by atoms with Crippen LogP contribution in [0.4, 0.5) is 4.39 Å². The summed E-state index contributed by atoms with van der Waals surface area (Å²) in [5, 5.41) is 2.47. The third kappa shape index (κ3) is 12.5. The number of benzene rings is 1. The lowest BCUT2D eigenvalue weighted by Gasteiger charge is -2.15. The zero-order valence-electron chi connectivity index (χ0n) is 16.6. The second kappa shape index (κ2) is 15.7. The Bertz CT molecular complexity index is 408. The topological polar surface area (TPSA) is 9.23 Å². The van der Waals surface area contributed by atoms with E-state index >= 15 is 0 Å². The Morgan fingerprint density at radius 2 is 1.28 bits per heavy atom. The van der Waals surface area contributed by atoms with E-state index < -0.39 is 14.5 Å². The Kier molecular flexibility index (Phi) is 14.2. The van der Waals surface area contributed by atoms with E-state index in [9.17, 15) is 4.39 Å². The first-order chi connectivity index (χ1) is 12.3. The molecule has 1 nitrogen and oxygen atoms in total. The Labute approximate surface area is 160 Å². The molecule has 0 aliphatic heterocycles. The van der Waals surface area contributed by atoms with Gasteiger partial charge in [-0.3, -0.25) is 0 Å². The van der Waals surface area contributed by atoms with Crippen LogP contribution in [0.2, 0.25) is 10.6 Å². The summed E-state index contributed by atoms with van der Waals surface area (Å²) in [5.41, 5.74) is 0. The van der Waals surface area contributed by atoms with Gasteiger partial charge in [-0.2, -0.15) is 0 Å². The van der Waals surface area contributed by atoms with Crippen molar-refractivity contribution in [3.05, 3.63) is 30.1 Å². The highest BCUT2D eigenvalue weighted by molar-refractivity contribution is 6.52. The van der Waals surface area contributed by atoms with Crippen LogP contribution in [0, 0.1) is 5.82 Å². The van der Waals surface area contributed by atoms with Gasteiger partial charge in [-0.15, -0.1) is 0 Å². The van der Waals surface area contributed by atoms with Crippen molar-refractivity contribution in [2.45, 2.75) is 101 Å². The van der Waals surface area contributed by atoms with Crippen molar-refractivity contribution in [1.29, 1.82) is 0 Å². The lowest BCUT2D eigenvalue weighted by molar-refractivity contribution is 0.532. The molecule has 0 amide bonds. The van der Waals surface area contributed by atoms with Crippen LogP contribution in [0.15, 0.2) is 24.3 Å². The minimum Gasteiger partial charge on any atom is -0.642 e. The van der Waals surface area contributed by atoms with E-state index in [0.717, 1.165) is 5.75 Å². The van der Waals surface area contributed by atoms with Gasteiger partial charge >= 0.3 is 14.5 Å². The Morgan fingerprint density at radius 1 is 0.760 bits per heavy atom. The van der Waals surface area contributed by atoms with Crippen LogP contribution in [-0.2, 0) is 0 Å². The van der Waals surface area contributed by atoms with Gasteiger partial charge in [0, 0.05) is 6.07 Å². The summed E-state index contributed by atoms with van der Waals surface area (Å²) in [7, 11) is 0. The fourth-order valence-electron chi connectivity index (χ4n) is 3.30. The molecule has 0 aliphatic rings. The number of halogens is 1. The zero-order chi connectivity index (χ0) is 18.2. The molecule has 0 spiro atoms. The average molecular weight is 365 g/mol. The van der Waals surface area contributed by atoms with Gasteiger partial charge < -0.3 is 3.79 Å². The van der Waals surface area contributed by atoms with Crippen LogP contribution in [-0.4, -0.2) is 14.5 Å². The predicted octanol–water partition coefficient (Wildman–Crippen LogP) is 7.92. The first-order valence-corrected chi connectivity index (χ1v) is 12.8. The third-order valence-corrected chi connectivity index (χ3v) is 7.57. The molecular weight excluding hydrogens is 326 g/mol. The SMILES string of the molecule is CCCCCCC[CH2][Al]([CH2]CCCCCCC)[O]c1cccc(F)c1. The maximum atomic E-state index is 13.4. The number of rotatable bonds is 16. The van der Waals surface area contributed by atoms with Crippen molar-refractivity contribution < 1.29 is 8.18 Å². The van der Waals surface area contributed by atoms with E-state index in [4.69, 9.17) is 3.79 Å². The molecule has 0 unspecified atom stereocenters. The lowest BCUT2D eigenvalue weighted by Crippen LogP contribution is -2.21. The normalized spacial score (nSPS) is 10.8. The Balaban J connectivity index is 2.32. The number of hydrogen-bond acceptors (Lipinski definition) is 1. The molecule has 0 atom stereocenters. The second-order valence-electron chi connectivity index (χ2n) is 7.31. The molecule has 1 aromatic carbocycles. The highest BCUT2D eigenvalue weighted by Gasteiger charge is 2.22. The Hall–Kier alpha value is -0.518. The fraction of sp³-hybridized carbons (Fsp3) is 0.727. The maximum Gasteiger partial charge on any atom is 0.546 e. The van der Waals surface area contributed by atoms with Crippen molar-refractivity contribution in [2.24, 2.45) is 0 Å². The van der Waals surface area contributed by atoms with Crippen LogP contribution in [0.5, 0.6) is 5.75 Å². The fourth-order valence-corrected chi connectivity index (χ4v) is 5.84. The quantitative estimate of drug-likeness (QED) is 0.214. The molecule has 0 radical (unpaired) electrons. The summed E-state index contributed by atoms with van der Waals surface area (Å²) in [6.45, 7) is 4.52. The highest BCUT2D eigenvalue weighted by atomic mass is 27.2. The molecule has 0 saturated carbocycles. The van der Waals surface area contributed by atoms with Crippen LogP contribution in [0.3, 0.4) is 0 Å². The van der Waals surface area contributed by atoms with Gasteiger partial charge in [0.05, 0.1) is 5.75 Å². The second-order valence-corrected chi connectivity index (χ2v) is 9.94. The molecule has 3 heteroatoms. The van der Waals surface area contributed by atoms with Gasteiger partial charge in [-0.1, -0.05) is 108 Å². The largest absolute Gasteiger partial charge is 0.642 e. The monoisotopic (exact) mass is 364 g/mol. The van der Waals surface area contributed by atoms with E-state index in [0.29, 0.717) is 0 Å². The van der Waals surface area contributed by atoms with Crippen LogP contribution in [0.25, 0.3) is 0 Å². The average Bonchev–Trinajstić information content (AvgIpc) is 2.60. The first kappa shape index (κ1) is 22.5. The Morgan fingerprint density at radius 3 is 1.80 bits per heavy atom. The van der Waals surface area contributed by atoms with Gasteiger partial charge in [0.2, 0.25) is 0 Å². The molecule has 0 N–H and O–H groups in total. The molecule has 1 aromatic rings. The molecule has 0 fully saturated rings. The maximum absolute atomic E-state index is 13.4. The van der Waals surface area contributed by atoms with E-state index in [2.05, 4.69) is 13.8 Å². The molecule has 0 aromatic heterocycles. The zero-order valence-corrected chi connectivity index (χ0v) is 17.7.